The number of rotatable bonds is 5. The van der Waals surface area contributed by atoms with Gasteiger partial charge in [-0.3, -0.25) is 0 Å². The van der Waals surface area contributed by atoms with Gasteiger partial charge < -0.3 is 14.6 Å². The molecule has 3 nitrogen and oxygen atoms in total. The molecule has 1 N–H and O–H groups in total. The van der Waals surface area contributed by atoms with Gasteiger partial charge in [0, 0.05) is 11.6 Å². The van der Waals surface area contributed by atoms with Crippen molar-refractivity contribution in [1.82, 2.24) is 0 Å². The maximum Gasteiger partial charge on any atom is 0.129 e. The first-order valence-electron chi connectivity index (χ1n) is 7.06. The van der Waals surface area contributed by atoms with E-state index in [1.807, 2.05) is 18.2 Å². The molecule has 0 fully saturated rings. The molecule has 3 heteroatoms. The number of aryl methyl sites for hydroxylation is 2. The molecule has 0 aromatic heterocycles. The van der Waals surface area contributed by atoms with Crippen molar-refractivity contribution in [3.63, 3.8) is 0 Å². The van der Waals surface area contributed by atoms with E-state index in [1.165, 1.54) is 11.1 Å². The molecule has 0 aliphatic heterocycles. The number of hydrogen-bond acceptors (Lipinski definition) is 3. The summed E-state index contributed by atoms with van der Waals surface area (Å²) in [4.78, 5) is 0. The lowest BCUT2D eigenvalue weighted by molar-refractivity contribution is 0.190. The lowest BCUT2D eigenvalue weighted by Gasteiger charge is -2.15. The molecule has 0 amide bonds. The summed E-state index contributed by atoms with van der Waals surface area (Å²) in [6, 6.07) is 11.7. The summed E-state index contributed by atoms with van der Waals surface area (Å²) < 4.78 is 11.1. The summed E-state index contributed by atoms with van der Waals surface area (Å²) in [6.07, 6.45) is -0.578. The summed E-state index contributed by atoms with van der Waals surface area (Å²) in [7, 11) is 1.62. The largest absolute Gasteiger partial charge is 0.497 e. The van der Waals surface area contributed by atoms with E-state index in [4.69, 9.17) is 9.47 Å². The van der Waals surface area contributed by atoms with Gasteiger partial charge in [-0.25, -0.2) is 0 Å². The number of benzene rings is 2. The molecular formula is C18H22O3. The number of aliphatic hydroxyl groups excluding tert-OH is 1. The van der Waals surface area contributed by atoms with Crippen LogP contribution in [0.2, 0.25) is 0 Å². The van der Waals surface area contributed by atoms with Gasteiger partial charge in [-0.15, -0.1) is 0 Å². The Kier molecular flexibility index (Phi) is 4.86. The smallest absolute Gasteiger partial charge is 0.129 e. The molecule has 112 valence electrons. The van der Waals surface area contributed by atoms with Crippen molar-refractivity contribution >= 4 is 0 Å². The first-order valence-corrected chi connectivity index (χ1v) is 7.06. The summed E-state index contributed by atoms with van der Waals surface area (Å²) in [5.41, 5.74) is 4.39. The first kappa shape index (κ1) is 15.4. The number of aliphatic hydroxyl groups is 1. The minimum Gasteiger partial charge on any atom is -0.497 e. The molecule has 0 saturated heterocycles. The van der Waals surface area contributed by atoms with Crippen molar-refractivity contribution in [2.75, 3.05) is 7.11 Å². The minimum absolute atomic E-state index is 0.466. The van der Waals surface area contributed by atoms with Crippen molar-refractivity contribution in [1.29, 1.82) is 0 Å². The molecule has 2 rings (SSSR count). The molecule has 0 aliphatic carbocycles. The van der Waals surface area contributed by atoms with E-state index in [0.717, 1.165) is 16.9 Å². The fraction of sp³-hybridized carbons (Fsp3) is 0.333. The van der Waals surface area contributed by atoms with E-state index in [0.29, 0.717) is 12.4 Å². The molecule has 2 aromatic rings. The zero-order valence-corrected chi connectivity index (χ0v) is 13.0. The van der Waals surface area contributed by atoms with Crippen molar-refractivity contribution < 1.29 is 14.6 Å². The number of ether oxygens (including phenoxy) is 2. The summed E-state index contributed by atoms with van der Waals surface area (Å²) in [5, 5.41) is 9.83. The van der Waals surface area contributed by atoms with Crippen LogP contribution >= 0.6 is 0 Å². The van der Waals surface area contributed by atoms with E-state index < -0.39 is 6.10 Å². The third kappa shape index (κ3) is 3.76. The van der Waals surface area contributed by atoms with Crippen LogP contribution in [0.4, 0.5) is 0 Å². The molecule has 0 spiro atoms. The van der Waals surface area contributed by atoms with E-state index >= 15 is 0 Å². The normalized spacial score (nSPS) is 12.0. The maximum atomic E-state index is 9.83. The monoisotopic (exact) mass is 286 g/mol. The average molecular weight is 286 g/mol. The molecule has 0 radical (unpaired) electrons. The second kappa shape index (κ2) is 6.64. The van der Waals surface area contributed by atoms with Crippen molar-refractivity contribution in [2.24, 2.45) is 0 Å². The minimum atomic E-state index is -0.578. The van der Waals surface area contributed by atoms with Gasteiger partial charge >= 0.3 is 0 Å². The van der Waals surface area contributed by atoms with Gasteiger partial charge in [0.05, 0.1) is 13.2 Å². The van der Waals surface area contributed by atoms with Crippen LogP contribution in [0.1, 0.15) is 35.3 Å². The summed E-state index contributed by atoms with van der Waals surface area (Å²) >= 11 is 0. The SMILES string of the molecule is COc1ccc([C@H](C)O)c(OCc2ccc(C)c(C)c2)c1. The second-order valence-corrected chi connectivity index (χ2v) is 5.29. The van der Waals surface area contributed by atoms with Crippen LogP contribution in [0.5, 0.6) is 11.5 Å². The molecule has 0 heterocycles. The Labute approximate surface area is 126 Å². The third-order valence-corrected chi connectivity index (χ3v) is 3.64. The predicted molar refractivity (Wildman–Crippen MR) is 83.9 cm³/mol. The Balaban J connectivity index is 2.19. The van der Waals surface area contributed by atoms with Gasteiger partial charge in [0.15, 0.2) is 0 Å². The molecule has 0 bridgehead atoms. The number of methoxy groups -OCH3 is 1. The van der Waals surface area contributed by atoms with Crippen molar-refractivity contribution in [2.45, 2.75) is 33.5 Å². The zero-order chi connectivity index (χ0) is 15.4. The van der Waals surface area contributed by atoms with E-state index in [-0.39, 0.29) is 0 Å². The van der Waals surface area contributed by atoms with Gasteiger partial charge in [0.2, 0.25) is 0 Å². The van der Waals surface area contributed by atoms with Crippen molar-refractivity contribution in [3.05, 3.63) is 58.7 Å². The molecule has 0 saturated carbocycles. The average Bonchev–Trinajstić information content (AvgIpc) is 2.48. The van der Waals surface area contributed by atoms with Crippen LogP contribution in [-0.4, -0.2) is 12.2 Å². The highest BCUT2D eigenvalue weighted by molar-refractivity contribution is 5.42. The Morgan fingerprint density at radius 1 is 1.05 bits per heavy atom. The molecule has 0 aliphatic rings. The Morgan fingerprint density at radius 3 is 2.43 bits per heavy atom. The lowest BCUT2D eigenvalue weighted by atomic mass is 10.1. The zero-order valence-electron chi connectivity index (χ0n) is 13.0. The van der Waals surface area contributed by atoms with Crippen LogP contribution in [0, 0.1) is 13.8 Å². The predicted octanol–water partition coefficient (Wildman–Crippen LogP) is 3.94. The Morgan fingerprint density at radius 2 is 1.81 bits per heavy atom. The van der Waals surface area contributed by atoms with Crippen LogP contribution < -0.4 is 9.47 Å². The molecular weight excluding hydrogens is 264 g/mol. The summed E-state index contributed by atoms with van der Waals surface area (Å²) in [5.74, 6) is 1.37. The van der Waals surface area contributed by atoms with E-state index in [2.05, 4.69) is 32.0 Å². The summed E-state index contributed by atoms with van der Waals surface area (Å²) in [6.45, 7) is 6.37. The van der Waals surface area contributed by atoms with Gasteiger partial charge in [-0.2, -0.15) is 0 Å². The molecule has 21 heavy (non-hydrogen) atoms. The maximum absolute atomic E-state index is 9.83. The van der Waals surface area contributed by atoms with Gasteiger partial charge in [0.1, 0.15) is 18.1 Å². The Hall–Kier alpha value is -2.00. The highest BCUT2D eigenvalue weighted by Gasteiger charge is 2.11. The highest BCUT2D eigenvalue weighted by atomic mass is 16.5. The molecule has 0 unspecified atom stereocenters. The highest BCUT2D eigenvalue weighted by Crippen LogP contribution is 2.30. The Bertz CT molecular complexity index is 618. The second-order valence-electron chi connectivity index (χ2n) is 5.29. The quantitative estimate of drug-likeness (QED) is 0.904. The third-order valence-electron chi connectivity index (χ3n) is 3.64. The fourth-order valence-corrected chi connectivity index (χ4v) is 2.17. The number of hydrogen-bond donors (Lipinski definition) is 1. The topological polar surface area (TPSA) is 38.7 Å². The van der Waals surface area contributed by atoms with E-state index in [1.54, 1.807) is 14.0 Å². The van der Waals surface area contributed by atoms with E-state index in [9.17, 15) is 5.11 Å². The lowest BCUT2D eigenvalue weighted by Crippen LogP contribution is -2.02. The first-order chi connectivity index (χ1) is 10.0. The van der Waals surface area contributed by atoms with Crippen LogP contribution in [0.3, 0.4) is 0 Å². The van der Waals surface area contributed by atoms with Gasteiger partial charge in [0.25, 0.3) is 0 Å². The van der Waals surface area contributed by atoms with Crippen molar-refractivity contribution in [3.8, 4) is 11.5 Å². The standard InChI is InChI=1S/C18H22O3/c1-12-5-6-15(9-13(12)2)11-21-18-10-16(20-4)7-8-17(18)14(3)19/h5-10,14,19H,11H2,1-4H3/t14-/m0/s1. The fourth-order valence-electron chi connectivity index (χ4n) is 2.17. The van der Waals surface area contributed by atoms with Gasteiger partial charge in [-0.1, -0.05) is 18.2 Å². The molecule has 1 atom stereocenters. The van der Waals surface area contributed by atoms with Gasteiger partial charge in [-0.05, 0) is 49.6 Å². The molecule has 2 aromatic carbocycles. The van der Waals surface area contributed by atoms with Crippen LogP contribution in [-0.2, 0) is 6.61 Å². The van der Waals surface area contributed by atoms with Crippen LogP contribution in [0.25, 0.3) is 0 Å². The van der Waals surface area contributed by atoms with Crippen LogP contribution in [0.15, 0.2) is 36.4 Å².